The minimum atomic E-state index is 0.232. The van der Waals surface area contributed by atoms with Gasteiger partial charge in [0.2, 0.25) is 0 Å². The fourth-order valence-electron chi connectivity index (χ4n) is 2.10. The Labute approximate surface area is 102 Å². The fraction of sp³-hybridized carbons (Fsp3) is 0.400. The van der Waals surface area contributed by atoms with E-state index in [4.69, 9.17) is 4.74 Å². The Balaban J connectivity index is 1.91. The third-order valence-corrected chi connectivity index (χ3v) is 3.22. The van der Waals surface area contributed by atoms with E-state index in [9.17, 15) is 4.79 Å². The number of hydrogen-bond donors (Lipinski definition) is 0. The number of benzene rings is 1. The van der Waals surface area contributed by atoms with Crippen LogP contribution in [-0.2, 0) is 4.79 Å². The third-order valence-electron chi connectivity index (χ3n) is 3.22. The smallest absolute Gasteiger partial charge is 0.158 e. The summed E-state index contributed by atoms with van der Waals surface area (Å²) in [5.74, 6) is 1.36. The predicted molar refractivity (Wildman–Crippen MR) is 68.0 cm³/mol. The number of ketones is 1. The lowest BCUT2D eigenvalue weighted by molar-refractivity contribution is -0.119. The SMILES string of the molecule is CCC1CCC(COc2ccccc2)=CC1=O. The van der Waals surface area contributed by atoms with E-state index in [1.165, 1.54) is 0 Å². The van der Waals surface area contributed by atoms with E-state index in [-0.39, 0.29) is 11.7 Å². The highest BCUT2D eigenvalue weighted by Crippen LogP contribution is 2.23. The highest BCUT2D eigenvalue weighted by molar-refractivity contribution is 5.93. The Morgan fingerprint density at radius 2 is 2.06 bits per heavy atom. The fourth-order valence-corrected chi connectivity index (χ4v) is 2.10. The first-order valence-corrected chi connectivity index (χ1v) is 6.20. The summed E-state index contributed by atoms with van der Waals surface area (Å²) in [5.41, 5.74) is 1.11. The van der Waals surface area contributed by atoms with Crippen LogP contribution >= 0.6 is 0 Å². The van der Waals surface area contributed by atoms with Gasteiger partial charge in [-0.15, -0.1) is 0 Å². The van der Waals surface area contributed by atoms with Crippen LogP contribution in [0.2, 0.25) is 0 Å². The van der Waals surface area contributed by atoms with Gasteiger partial charge >= 0.3 is 0 Å². The molecule has 0 aliphatic heterocycles. The Morgan fingerprint density at radius 1 is 1.29 bits per heavy atom. The number of para-hydroxylation sites is 1. The third kappa shape index (κ3) is 3.19. The van der Waals surface area contributed by atoms with E-state index in [0.29, 0.717) is 6.61 Å². The van der Waals surface area contributed by atoms with Crippen LogP contribution in [-0.4, -0.2) is 12.4 Å². The summed E-state index contributed by atoms with van der Waals surface area (Å²) >= 11 is 0. The van der Waals surface area contributed by atoms with Crippen LogP contribution in [0, 0.1) is 5.92 Å². The van der Waals surface area contributed by atoms with Gasteiger partial charge in [0.25, 0.3) is 0 Å². The van der Waals surface area contributed by atoms with Crippen molar-refractivity contribution in [3.8, 4) is 5.75 Å². The molecule has 0 spiro atoms. The van der Waals surface area contributed by atoms with Crippen LogP contribution in [0.5, 0.6) is 5.75 Å². The van der Waals surface area contributed by atoms with Crippen molar-refractivity contribution >= 4 is 5.78 Å². The molecular weight excluding hydrogens is 212 g/mol. The monoisotopic (exact) mass is 230 g/mol. The molecule has 0 aromatic heterocycles. The molecule has 1 atom stereocenters. The van der Waals surface area contributed by atoms with Crippen LogP contribution < -0.4 is 4.74 Å². The average molecular weight is 230 g/mol. The summed E-state index contributed by atoms with van der Waals surface area (Å²) < 4.78 is 5.64. The van der Waals surface area contributed by atoms with E-state index in [0.717, 1.165) is 30.6 Å². The molecule has 1 aromatic carbocycles. The number of hydrogen-bond acceptors (Lipinski definition) is 2. The van der Waals surface area contributed by atoms with Gasteiger partial charge in [-0.2, -0.15) is 0 Å². The Hall–Kier alpha value is -1.57. The summed E-state index contributed by atoms with van der Waals surface area (Å²) in [7, 11) is 0. The van der Waals surface area contributed by atoms with Crippen LogP contribution in [0.15, 0.2) is 42.0 Å². The normalized spacial score (nSPS) is 19.9. The Kier molecular flexibility index (Phi) is 3.97. The summed E-state index contributed by atoms with van der Waals surface area (Å²) in [6, 6.07) is 9.72. The zero-order valence-electron chi connectivity index (χ0n) is 10.2. The molecule has 0 bridgehead atoms. The van der Waals surface area contributed by atoms with Gasteiger partial charge in [-0.05, 0) is 43.0 Å². The topological polar surface area (TPSA) is 26.3 Å². The van der Waals surface area contributed by atoms with Gasteiger partial charge in [0.05, 0.1) is 0 Å². The van der Waals surface area contributed by atoms with Crippen molar-refractivity contribution in [2.75, 3.05) is 6.61 Å². The molecule has 2 nitrogen and oxygen atoms in total. The molecule has 1 aromatic rings. The van der Waals surface area contributed by atoms with Gasteiger partial charge in [-0.25, -0.2) is 0 Å². The summed E-state index contributed by atoms with van der Waals surface area (Å²) in [6.45, 7) is 2.61. The molecule has 0 fully saturated rings. The molecule has 0 saturated heterocycles. The lowest BCUT2D eigenvalue weighted by Gasteiger charge is -2.19. The van der Waals surface area contributed by atoms with Crippen molar-refractivity contribution in [1.29, 1.82) is 0 Å². The number of rotatable bonds is 4. The van der Waals surface area contributed by atoms with Gasteiger partial charge < -0.3 is 4.74 Å². The van der Waals surface area contributed by atoms with E-state index < -0.39 is 0 Å². The summed E-state index contributed by atoms with van der Waals surface area (Å²) in [6.07, 6.45) is 4.68. The largest absolute Gasteiger partial charge is 0.489 e. The van der Waals surface area contributed by atoms with Crippen molar-refractivity contribution in [2.24, 2.45) is 5.92 Å². The van der Waals surface area contributed by atoms with Gasteiger partial charge in [0, 0.05) is 5.92 Å². The van der Waals surface area contributed by atoms with Crippen LogP contribution in [0.4, 0.5) is 0 Å². The molecule has 2 heteroatoms. The molecule has 90 valence electrons. The summed E-state index contributed by atoms with van der Waals surface area (Å²) in [4.78, 5) is 11.7. The maximum absolute atomic E-state index is 11.7. The molecule has 0 N–H and O–H groups in total. The molecule has 0 saturated carbocycles. The standard InChI is InChI=1S/C15H18O2/c1-2-13-9-8-12(10-15(13)16)11-17-14-6-4-3-5-7-14/h3-7,10,13H,2,8-9,11H2,1H3. The maximum atomic E-state index is 11.7. The first-order chi connectivity index (χ1) is 8.29. The number of ether oxygens (including phenoxy) is 1. The Morgan fingerprint density at radius 3 is 2.71 bits per heavy atom. The van der Waals surface area contributed by atoms with Crippen molar-refractivity contribution in [1.82, 2.24) is 0 Å². The van der Waals surface area contributed by atoms with Crippen LogP contribution in [0.1, 0.15) is 26.2 Å². The van der Waals surface area contributed by atoms with Crippen molar-refractivity contribution in [3.05, 3.63) is 42.0 Å². The van der Waals surface area contributed by atoms with Gasteiger partial charge in [0.15, 0.2) is 5.78 Å². The van der Waals surface area contributed by atoms with Crippen molar-refractivity contribution in [2.45, 2.75) is 26.2 Å². The van der Waals surface area contributed by atoms with Gasteiger partial charge in [0.1, 0.15) is 12.4 Å². The Bertz CT molecular complexity index is 406. The molecule has 0 heterocycles. The predicted octanol–water partition coefficient (Wildman–Crippen LogP) is 3.38. The number of allylic oxidation sites excluding steroid dienone is 1. The minimum Gasteiger partial charge on any atom is -0.489 e. The first kappa shape index (κ1) is 11.9. The van der Waals surface area contributed by atoms with E-state index in [2.05, 4.69) is 6.92 Å². The second kappa shape index (κ2) is 5.67. The summed E-state index contributed by atoms with van der Waals surface area (Å²) in [5, 5.41) is 0. The molecule has 0 amide bonds. The average Bonchev–Trinajstić information content (AvgIpc) is 2.38. The maximum Gasteiger partial charge on any atom is 0.158 e. The second-order valence-corrected chi connectivity index (χ2v) is 4.45. The highest BCUT2D eigenvalue weighted by atomic mass is 16.5. The van der Waals surface area contributed by atoms with Crippen LogP contribution in [0.25, 0.3) is 0 Å². The van der Waals surface area contributed by atoms with E-state index >= 15 is 0 Å². The van der Waals surface area contributed by atoms with E-state index in [1.807, 2.05) is 30.3 Å². The molecular formula is C15H18O2. The quantitative estimate of drug-likeness (QED) is 0.792. The van der Waals surface area contributed by atoms with Crippen molar-refractivity contribution in [3.63, 3.8) is 0 Å². The highest BCUT2D eigenvalue weighted by Gasteiger charge is 2.20. The number of carbonyl (C=O) groups is 1. The van der Waals surface area contributed by atoms with Gasteiger partial charge in [-0.1, -0.05) is 25.1 Å². The zero-order valence-corrected chi connectivity index (χ0v) is 10.2. The molecule has 17 heavy (non-hydrogen) atoms. The van der Waals surface area contributed by atoms with Crippen molar-refractivity contribution < 1.29 is 9.53 Å². The van der Waals surface area contributed by atoms with E-state index in [1.54, 1.807) is 6.08 Å². The first-order valence-electron chi connectivity index (χ1n) is 6.20. The molecule has 2 rings (SSSR count). The minimum absolute atomic E-state index is 0.232. The second-order valence-electron chi connectivity index (χ2n) is 4.45. The molecule has 1 unspecified atom stereocenters. The lowest BCUT2D eigenvalue weighted by Crippen LogP contribution is -2.18. The molecule has 1 aliphatic rings. The number of carbonyl (C=O) groups excluding carboxylic acids is 1. The zero-order chi connectivity index (χ0) is 12.1. The van der Waals surface area contributed by atoms with Crippen LogP contribution in [0.3, 0.4) is 0 Å². The molecule has 1 aliphatic carbocycles. The lowest BCUT2D eigenvalue weighted by atomic mass is 9.87. The van der Waals surface area contributed by atoms with Gasteiger partial charge in [-0.3, -0.25) is 4.79 Å². The molecule has 0 radical (unpaired) electrons.